The monoisotopic (exact) mass is 275 g/mol. The Labute approximate surface area is 116 Å². The van der Waals surface area contributed by atoms with E-state index in [9.17, 15) is 4.79 Å². The average Bonchev–Trinajstić information content (AvgIpc) is 2.69. The number of aryl methyl sites for hydroxylation is 2. The summed E-state index contributed by atoms with van der Waals surface area (Å²) in [5.41, 5.74) is 1.73. The molecule has 0 saturated heterocycles. The van der Waals surface area contributed by atoms with E-state index < -0.39 is 0 Å². The van der Waals surface area contributed by atoms with Crippen LogP contribution in [-0.2, 0) is 11.2 Å². The molecule has 19 heavy (non-hydrogen) atoms. The molecular weight excluding hydrogens is 258 g/mol. The zero-order chi connectivity index (χ0) is 13.8. The van der Waals surface area contributed by atoms with Crippen molar-refractivity contribution < 1.29 is 4.79 Å². The van der Waals surface area contributed by atoms with Gasteiger partial charge in [0.1, 0.15) is 0 Å². The van der Waals surface area contributed by atoms with Gasteiger partial charge in [-0.2, -0.15) is 0 Å². The number of carbonyl (C=O) groups is 1. The van der Waals surface area contributed by atoms with Gasteiger partial charge < -0.3 is 5.32 Å². The lowest BCUT2D eigenvalue weighted by molar-refractivity contribution is -0.121. The van der Waals surface area contributed by atoms with Crippen LogP contribution in [0.2, 0.25) is 0 Å². The molecule has 2 rings (SSSR count). The fourth-order valence-electron chi connectivity index (χ4n) is 1.97. The molecule has 2 aromatic rings. The number of rotatable bonds is 4. The summed E-state index contributed by atoms with van der Waals surface area (Å²) < 4.78 is 0. The highest BCUT2D eigenvalue weighted by molar-refractivity contribution is 7.11. The predicted octanol–water partition coefficient (Wildman–Crippen LogP) is 2.57. The van der Waals surface area contributed by atoms with Gasteiger partial charge in [-0.15, -0.1) is 11.3 Å². The Balaban J connectivity index is 1.97. The van der Waals surface area contributed by atoms with Crippen molar-refractivity contribution in [1.29, 1.82) is 0 Å². The molecule has 1 amide bonds. The van der Waals surface area contributed by atoms with Crippen LogP contribution in [0, 0.1) is 13.8 Å². The first-order valence-electron chi connectivity index (χ1n) is 6.19. The van der Waals surface area contributed by atoms with E-state index in [2.05, 4.69) is 15.3 Å². The molecule has 0 aliphatic heterocycles. The Morgan fingerprint density at radius 1 is 1.42 bits per heavy atom. The van der Waals surface area contributed by atoms with Crippen LogP contribution in [0.4, 0.5) is 0 Å². The van der Waals surface area contributed by atoms with Gasteiger partial charge in [0.05, 0.1) is 23.2 Å². The van der Waals surface area contributed by atoms with Gasteiger partial charge in [-0.1, -0.05) is 6.07 Å². The van der Waals surface area contributed by atoms with Crippen LogP contribution < -0.4 is 5.32 Å². The molecule has 0 spiro atoms. The number of pyridine rings is 1. The summed E-state index contributed by atoms with van der Waals surface area (Å²) in [5, 5.41) is 3.99. The molecule has 5 heteroatoms. The zero-order valence-corrected chi connectivity index (χ0v) is 12.1. The maximum atomic E-state index is 11.9. The molecule has 0 aromatic carbocycles. The number of carbonyl (C=O) groups excluding carboxylic acids is 1. The lowest BCUT2D eigenvalue weighted by atomic mass is 10.2. The molecule has 0 aliphatic carbocycles. The lowest BCUT2D eigenvalue weighted by Crippen LogP contribution is -2.28. The van der Waals surface area contributed by atoms with Gasteiger partial charge in [-0.3, -0.25) is 9.78 Å². The Bertz CT molecular complexity index is 565. The van der Waals surface area contributed by atoms with E-state index in [-0.39, 0.29) is 11.9 Å². The van der Waals surface area contributed by atoms with Crippen LogP contribution in [-0.4, -0.2) is 15.9 Å². The third kappa shape index (κ3) is 3.61. The van der Waals surface area contributed by atoms with Crippen LogP contribution in [0.5, 0.6) is 0 Å². The highest BCUT2D eigenvalue weighted by Gasteiger charge is 2.15. The van der Waals surface area contributed by atoms with E-state index in [0.29, 0.717) is 6.42 Å². The quantitative estimate of drug-likeness (QED) is 0.933. The Kier molecular flexibility index (Phi) is 4.27. The molecule has 1 unspecified atom stereocenters. The molecule has 1 atom stereocenters. The minimum absolute atomic E-state index is 0.0312. The first kappa shape index (κ1) is 13.7. The second kappa shape index (κ2) is 5.93. The van der Waals surface area contributed by atoms with E-state index in [1.54, 1.807) is 17.5 Å². The van der Waals surface area contributed by atoms with Crippen molar-refractivity contribution in [2.24, 2.45) is 0 Å². The molecule has 2 heterocycles. The minimum atomic E-state index is -0.0684. The second-order valence-electron chi connectivity index (χ2n) is 4.46. The van der Waals surface area contributed by atoms with Crippen molar-refractivity contribution in [3.05, 3.63) is 45.7 Å². The highest BCUT2D eigenvalue weighted by atomic mass is 32.1. The predicted molar refractivity (Wildman–Crippen MR) is 76.1 cm³/mol. The minimum Gasteiger partial charge on any atom is -0.348 e. The number of nitrogens with one attached hydrogen (secondary N) is 1. The standard InChI is InChI=1S/C14H17N3OS/c1-9(14-10(2)19-11(3)17-14)16-13(18)8-12-6-4-5-7-15-12/h4-7,9H,8H2,1-3H3,(H,16,18). The smallest absolute Gasteiger partial charge is 0.226 e. The molecule has 0 bridgehead atoms. The first-order valence-corrected chi connectivity index (χ1v) is 7.01. The molecule has 2 aromatic heterocycles. The largest absolute Gasteiger partial charge is 0.348 e. The normalized spacial score (nSPS) is 12.2. The van der Waals surface area contributed by atoms with Gasteiger partial charge in [0.2, 0.25) is 5.91 Å². The van der Waals surface area contributed by atoms with Gasteiger partial charge >= 0.3 is 0 Å². The SMILES string of the molecule is Cc1nc(C(C)NC(=O)Cc2ccccn2)c(C)s1. The fourth-order valence-corrected chi connectivity index (χ4v) is 2.89. The summed E-state index contributed by atoms with van der Waals surface area (Å²) >= 11 is 1.65. The fraction of sp³-hybridized carbons (Fsp3) is 0.357. The Morgan fingerprint density at radius 3 is 2.79 bits per heavy atom. The van der Waals surface area contributed by atoms with Crippen molar-refractivity contribution in [2.75, 3.05) is 0 Å². The summed E-state index contributed by atoms with van der Waals surface area (Å²) in [6.45, 7) is 5.96. The van der Waals surface area contributed by atoms with Crippen molar-refractivity contribution in [1.82, 2.24) is 15.3 Å². The third-order valence-corrected chi connectivity index (χ3v) is 3.70. The van der Waals surface area contributed by atoms with Crippen LogP contribution in [0.25, 0.3) is 0 Å². The van der Waals surface area contributed by atoms with Crippen molar-refractivity contribution in [2.45, 2.75) is 33.2 Å². The van der Waals surface area contributed by atoms with Gasteiger partial charge in [-0.25, -0.2) is 4.98 Å². The van der Waals surface area contributed by atoms with Crippen LogP contribution in [0.3, 0.4) is 0 Å². The van der Waals surface area contributed by atoms with Gasteiger partial charge in [-0.05, 0) is 32.9 Å². The second-order valence-corrected chi connectivity index (χ2v) is 5.87. The molecule has 0 fully saturated rings. The molecule has 4 nitrogen and oxygen atoms in total. The summed E-state index contributed by atoms with van der Waals surface area (Å²) in [4.78, 5) is 21.7. The van der Waals surface area contributed by atoms with E-state index in [1.165, 1.54) is 0 Å². The maximum Gasteiger partial charge on any atom is 0.226 e. The molecule has 0 radical (unpaired) electrons. The number of aromatic nitrogens is 2. The third-order valence-electron chi connectivity index (χ3n) is 2.79. The molecular formula is C14H17N3OS. The van der Waals surface area contributed by atoms with Crippen LogP contribution in [0.1, 0.15) is 34.2 Å². The van der Waals surface area contributed by atoms with Crippen molar-refractivity contribution >= 4 is 17.2 Å². The summed E-state index contributed by atoms with van der Waals surface area (Å²) in [6, 6.07) is 5.50. The zero-order valence-electron chi connectivity index (χ0n) is 11.3. The van der Waals surface area contributed by atoms with E-state index in [1.807, 2.05) is 39.0 Å². The number of amides is 1. The van der Waals surface area contributed by atoms with Crippen molar-refractivity contribution in [3.63, 3.8) is 0 Å². The molecule has 0 aliphatic rings. The molecule has 0 saturated carbocycles. The highest BCUT2D eigenvalue weighted by Crippen LogP contribution is 2.22. The van der Waals surface area contributed by atoms with E-state index in [0.717, 1.165) is 21.3 Å². The maximum absolute atomic E-state index is 11.9. The Hall–Kier alpha value is -1.75. The summed E-state index contributed by atoms with van der Waals surface area (Å²) in [6.07, 6.45) is 1.99. The molecule has 1 N–H and O–H groups in total. The molecule has 100 valence electrons. The van der Waals surface area contributed by atoms with E-state index in [4.69, 9.17) is 0 Å². The van der Waals surface area contributed by atoms with Crippen LogP contribution in [0.15, 0.2) is 24.4 Å². The Morgan fingerprint density at radius 2 is 2.21 bits per heavy atom. The first-order chi connectivity index (χ1) is 9.06. The van der Waals surface area contributed by atoms with Gasteiger partial charge in [0.15, 0.2) is 0 Å². The van der Waals surface area contributed by atoms with Crippen molar-refractivity contribution in [3.8, 4) is 0 Å². The lowest BCUT2D eigenvalue weighted by Gasteiger charge is -2.12. The number of nitrogens with zero attached hydrogens (tertiary/aromatic N) is 2. The summed E-state index contributed by atoms with van der Waals surface area (Å²) in [5.74, 6) is -0.0312. The number of thiazole rings is 1. The van der Waals surface area contributed by atoms with Gasteiger partial charge in [0.25, 0.3) is 0 Å². The number of hydrogen-bond donors (Lipinski definition) is 1. The van der Waals surface area contributed by atoms with Crippen LogP contribution >= 0.6 is 11.3 Å². The summed E-state index contributed by atoms with van der Waals surface area (Å²) in [7, 11) is 0. The van der Waals surface area contributed by atoms with Gasteiger partial charge in [0, 0.05) is 16.8 Å². The van der Waals surface area contributed by atoms with E-state index >= 15 is 0 Å². The number of hydrogen-bond acceptors (Lipinski definition) is 4. The topological polar surface area (TPSA) is 54.9 Å². The average molecular weight is 275 g/mol.